The van der Waals surface area contributed by atoms with Gasteiger partial charge in [-0.25, -0.2) is 0 Å². The van der Waals surface area contributed by atoms with Crippen LogP contribution in [-0.2, 0) is 4.74 Å². The SMILES string of the molecule is CCOc1cncc(C(N)C2(OC)CCC(C)(C)CC2)c1. The van der Waals surface area contributed by atoms with E-state index in [4.69, 9.17) is 15.2 Å². The van der Waals surface area contributed by atoms with Crippen LogP contribution in [0.2, 0.25) is 0 Å². The summed E-state index contributed by atoms with van der Waals surface area (Å²) < 4.78 is 11.4. The average Bonchev–Trinajstić information content (AvgIpc) is 2.48. The molecule has 118 valence electrons. The average molecular weight is 292 g/mol. The molecule has 1 aliphatic carbocycles. The van der Waals surface area contributed by atoms with Crippen LogP contribution < -0.4 is 10.5 Å². The number of hydrogen-bond acceptors (Lipinski definition) is 4. The molecule has 0 radical (unpaired) electrons. The molecule has 1 unspecified atom stereocenters. The summed E-state index contributed by atoms with van der Waals surface area (Å²) in [5.41, 5.74) is 7.63. The van der Waals surface area contributed by atoms with Gasteiger partial charge in [-0.1, -0.05) is 13.8 Å². The van der Waals surface area contributed by atoms with Crippen LogP contribution in [0.3, 0.4) is 0 Å². The monoisotopic (exact) mass is 292 g/mol. The number of hydrogen-bond donors (Lipinski definition) is 1. The molecular formula is C17H28N2O2. The van der Waals surface area contributed by atoms with Crippen LogP contribution in [0, 0.1) is 5.41 Å². The first-order valence-corrected chi connectivity index (χ1v) is 7.81. The number of aromatic nitrogens is 1. The lowest BCUT2D eigenvalue weighted by atomic mass is 9.67. The van der Waals surface area contributed by atoms with E-state index in [2.05, 4.69) is 18.8 Å². The third-order valence-electron chi connectivity index (χ3n) is 4.83. The van der Waals surface area contributed by atoms with Crippen molar-refractivity contribution in [2.24, 2.45) is 11.1 Å². The van der Waals surface area contributed by atoms with Gasteiger partial charge in [-0.15, -0.1) is 0 Å². The summed E-state index contributed by atoms with van der Waals surface area (Å²) in [5.74, 6) is 0.771. The van der Waals surface area contributed by atoms with Crippen LogP contribution in [0.1, 0.15) is 58.1 Å². The van der Waals surface area contributed by atoms with Crippen molar-refractivity contribution in [1.29, 1.82) is 0 Å². The zero-order chi connectivity index (χ0) is 15.5. The number of ether oxygens (including phenoxy) is 2. The van der Waals surface area contributed by atoms with E-state index in [-0.39, 0.29) is 11.6 Å². The van der Waals surface area contributed by atoms with Gasteiger partial charge in [0, 0.05) is 13.3 Å². The van der Waals surface area contributed by atoms with Crippen molar-refractivity contribution in [2.75, 3.05) is 13.7 Å². The highest BCUT2D eigenvalue weighted by atomic mass is 16.5. The minimum atomic E-state index is -0.290. The fourth-order valence-corrected chi connectivity index (χ4v) is 3.15. The van der Waals surface area contributed by atoms with E-state index in [1.54, 1.807) is 13.3 Å². The second kappa shape index (κ2) is 6.32. The van der Waals surface area contributed by atoms with Crippen molar-refractivity contribution in [1.82, 2.24) is 4.98 Å². The molecule has 0 aromatic carbocycles. The Kier molecular flexibility index (Phi) is 4.89. The number of rotatable bonds is 5. The number of nitrogens with zero attached hydrogens (tertiary/aromatic N) is 1. The van der Waals surface area contributed by atoms with E-state index >= 15 is 0 Å². The lowest BCUT2D eigenvalue weighted by molar-refractivity contribution is -0.0795. The summed E-state index contributed by atoms with van der Waals surface area (Å²) in [6.45, 7) is 7.22. The third kappa shape index (κ3) is 3.55. The predicted molar refractivity (Wildman–Crippen MR) is 84.3 cm³/mol. The van der Waals surface area contributed by atoms with Gasteiger partial charge in [0.1, 0.15) is 5.75 Å². The summed E-state index contributed by atoms with van der Waals surface area (Å²) in [4.78, 5) is 4.25. The van der Waals surface area contributed by atoms with Crippen LogP contribution in [0.15, 0.2) is 18.5 Å². The largest absolute Gasteiger partial charge is 0.492 e. The molecule has 2 rings (SSSR count). The number of pyridine rings is 1. The van der Waals surface area contributed by atoms with E-state index < -0.39 is 0 Å². The maximum absolute atomic E-state index is 6.55. The fourth-order valence-electron chi connectivity index (χ4n) is 3.15. The van der Waals surface area contributed by atoms with Crippen LogP contribution in [0.25, 0.3) is 0 Å². The molecule has 1 aromatic rings. The third-order valence-corrected chi connectivity index (χ3v) is 4.83. The molecule has 0 saturated heterocycles. The first-order valence-electron chi connectivity index (χ1n) is 7.81. The van der Waals surface area contributed by atoms with Crippen LogP contribution in [0.4, 0.5) is 0 Å². The summed E-state index contributed by atoms with van der Waals surface area (Å²) in [6, 6.07) is 1.81. The van der Waals surface area contributed by atoms with Gasteiger partial charge < -0.3 is 15.2 Å². The maximum atomic E-state index is 6.55. The Labute approximate surface area is 128 Å². The molecule has 1 saturated carbocycles. The predicted octanol–water partition coefficient (Wildman–Crippen LogP) is 3.47. The van der Waals surface area contributed by atoms with Gasteiger partial charge in [0.05, 0.1) is 24.4 Å². The van der Waals surface area contributed by atoms with Crippen molar-refractivity contribution in [3.05, 3.63) is 24.0 Å². The lowest BCUT2D eigenvalue weighted by Gasteiger charge is -2.46. The molecule has 0 bridgehead atoms. The van der Waals surface area contributed by atoms with Crippen LogP contribution in [0.5, 0.6) is 5.75 Å². The molecule has 21 heavy (non-hydrogen) atoms. The van der Waals surface area contributed by atoms with E-state index in [9.17, 15) is 0 Å². The van der Waals surface area contributed by atoms with Crippen molar-refractivity contribution >= 4 is 0 Å². The minimum absolute atomic E-state index is 0.175. The second-order valence-electron chi connectivity index (χ2n) is 6.80. The molecular weight excluding hydrogens is 264 g/mol. The lowest BCUT2D eigenvalue weighted by Crippen LogP contribution is -2.47. The molecule has 2 N–H and O–H groups in total. The van der Waals surface area contributed by atoms with Gasteiger partial charge in [-0.05, 0) is 49.7 Å². The maximum Gasteiger partial charge on any atom is 0.137 e. The van der Waals surface area contributed by atoms with E-state index in [1.807, 2.05) is 19.2 Å². The summed E-state index contributed by atoms with van der Waals surface area (Å²) in [5, 5.41) is 0. The van der Waals surface area contributed by atoms with Crippen LogP contribution in [-0.4, -0.2) is 24.3 Å². The zero-order valence-corrected chi connectivity index (χ0v) is 13.7. The molecule has 1 heterocycles. The standard InChI is InChI=1S/C17H28N2O2/c1-5-21-14-10-13(11-19-12-14)15(18)17(20-4)8-6-16(2,3)7-9-17/h10-12,15H,5-9,18H2,1-4H3. The molecule has 4 nitrogen and oxygen atoms in total. The van der Waals surface area contributed by atoms with Crippen molar-refractivity contribution in [2.45, 2.75) is 58.1 Å². The summed E-state index contributed by atoms with van der Waals surface area (Å²) >= 11 is 0. The summed E-state index contributed by atoms with van der Waals surface area (Å²) in [7, 11) is 1.78. The van der Waals surface area contributed by atoms with Gasteiger partial charge in [0.15, 0.2) is 0 Å². The second-order valence-corrected chi connectivity index (χ2v) is 6.80. The number of methoxy groups -OCH3 is 1. The van der Waals surface area contributed by atoms with Crippen LogP contribution >= 0.6 is 0 Å². The molecule has 1 aliphatic rings. The Morgan fingerprint density at radius 3 is 2.48 bits per heavy atom. The van der Waals surface area contributed by atoms with Gasteiger partial charge in [-0.3, -0.25) is 4.98 Å². The van der Waals surface area contributed by atoms with Gasteiger partial charge in [-0.2, -0.15) is 0 Å². The molecule has 0 spiro atoms. The Morgan fingerprint density at radius 2 is 1.90 bits per heavy atom. The van der Waals surface area contributed by atoms with Crippen molar-refractivity contribution in [3.8, 4) is 5.75 Å². The molecule has 1 fully saturated rings. The Hall–Kier alpha value is -1.13. The minimum Gasteiger partial charge on any atom is -0.492 e. The zero-order valence-electron chi connectivity index (χ0n) is 13.7. The quantitative estimate of drug-likeness (QED) is 0.903. The number of nitrogens with two attached hydrogens (primary N) is 1. The molecule has 0 aliphatic heterocycles. The van der Waals surface area contributed by atoms with Crippen molar-refractivity contribution in [3.63, 3.8) is 0 Å². The molecule has 4 heteroatoms. The molecule has 0 amide bonds. The highest BCUT2D eigenvalue weighted by molar-refractivity contribution is 5.28. The smallest absolute Gasteiger partial charge is 0.137 e. The topological polar surface area (TPSA) is 57.4 Å². The first kappa shape index (κ1) is 16.2. The van der Waals surface area contributed by atoms with Crippen molar-refractivity contribution < 1.29 is 9.47 Å². The molecule has 1 aromatic heterocycles. The first-order chi connectivity index (χ1) is 9.92. The van der Waals surface area contributed by atoms with Gasteiger partial charge in [0.2, 0.25) is 0 Å². The highest BCUT2D eigenvalue weighted by Crippen LogP contribution is 2.46. The Bertz CT molecular complexity index is 464. The molecule has 1 atom stereocenters. The van der Waals surface area contributed by atoms with E-state index in [1.165, 1.54) is 0 Å². The normalized spacial score (nSPS) is 21.8. The van der Waals surface area contributed by atoms with Gasteiger partial charge in [0.25, 0.3) is 0 Å². The highest BCUT2D eigenvalue weighted by Gasteiger charge is 2.43. The van der Waals surface area contributed by atoms with Gasteiger partial charge >= 0.3 is 0 Å². The van der Waals surface area contributed by atoms with E-state index in [0.717, 1.165) is 37.0 Å². The van der Waals surface area contributed by atoms with E-state index in [0.29, 0.717) is 12.0 Å². The Morgan fingerprint density at radius 1 is 1.24 bits per heavy atom. The summed E-state index contributed by atoms with van der Waals surface area (Å²) in [6.07, 6.45) is 7.78. The fraction of sp³-hybridized carbons (Fsp3) is 0.706. The Balaban J connectivity index is 2.20.